The number of pyridine rings is 1. The number of thiophene rings is 1. The summed E-state index contributed by atoms with van der Waals surface area (Å²) in [6.45, 7) is 2.98. The summed E-state index contributed by atoms with van der Waals surface area (Å²) >= 11 is 1.78. The van der Waals surface area contributed by atoms with Gasteiger partial charge in [0.25, 0.3) is 0 Å². The standard InChI is InChI=1S/C19H22N4O3S/c1-24-9-10-25-14-6-7-20-16(12-14)18-21-19(26-22-18)17-5-2-8-23(17)13-15-4-3-11-27-15/h3-4,6-7,11-12,17H,2,5,8-10,13H2,1H3/t17-/m1/s1. The van der Waals surface area contributed by atoms with Gasteiger partial charge >= 0.3 is 0 Å². The predicted molar refractivity (Wildman–Crippen MR) is 102 cm³/mol. The molecule has 142 valence electrons. The zero-order valence-electron chi connectivity index (χ0n) is 15.2. The van der Waals surface area contributed by atoms with Crippen LogP contribution < -0.4 is 4.74 Å². The molecule has 1 aliphatic rings. The van der Waals surface area contributed by atoms with Crippen molar-refractivity contribution in [2.45, 2.75) is 25.4 Å². The van der Waals surface area contributed by atoms with Gasteiger partial charge in [0.2, 0.25) is 11.7 Å². The van der Waals surface area contributed by atoms with E-state index >= 15 is 0 Å². The van der Waals surface area contributed by atoms with Crippen LogP contribution in [0, 0.1) is 0 Å². The van der Waals surface area contributed by atoms with Crippen LogP contribution in [0.15, 0.2) is 40.4 Å². The second kappa shape index (κ2) is 8.60. The van der Waals surface area contributed by atoms with Gasteiger partial charge in [0.05, 0.1) is 12.6 Å². The van der Waals surface area contributed by atoms with Gasteiger partial charge in [-0.1, -0.05) is 11.2 Å². The molecule has 1 atom stereocenters. The molecule has 0 aliphatic carbocycles. The molecule has 1 fully saturated rings. The van der Waals surface area contributed by atoms with Crippen LogP contribution in [0.1, 0.15) is 29.7 Å². The fourth-order valence-electron chi connectivity index (χ4n) is 3.24. The Morgan fingerprint density at radius 1 is 1.33 bits per heavy atom. The SMILES string of the molecule is COCCOc1ccnc(-c2noc([C@H]3CCCN3Cc3cccs3)n2)c1. The smallest absolute Gasteiger partial charge is 0.244 e. The van der Waals surface area contributed by atoms with Crippen molar-refractivity contribution in [3.63, 3.8) is 0 Å². The minimum atomic E-state index is 0.162. The summed E-state index contributed by atoms with van der Waals surface area (Å²) < 4.78 is 16.2. The monoisotopic (exact) mass is 386 g/mol. The van der Waals surface area contributed by atoms with E-state index in [2.05, 4.69) is 37.5 Å². The average Bonchev–Trinajstić information content (AvgIpc) is 3.44. The van der Waals surface area contributed by atoms with Crippen LogP contribution in [0.25, 0.3) is 11.5 Å². The summed E-state index contributed by atoms with van der Waals surface area (Å²) in [6, 6.07) is 8.04. The quantitative estimate of drug-likeness (QED) is 0.548. The van der Waals surface area contributed by atoms with Crippen LogP contribution in [-0.2, 0) is 11.3 Å². The Kier molecular flexibility index (Phi) is 5.76. The van der Waals surface area contributed by atoms with Gasteiger partial charge in [0, 0.05) is 30.8 Å². The van der Waals surface area contributed by atoms with Crippen molar-refractivity contribution in [2.24, 2.45) is 0 Å². The molecule has 0 amide bonds. The number of hydrogen-bond acceptors (Lipinski definition) is 8. The van der Waals surface area contributed by atoms with E-state index in [-0.39, 0.29) is 6.04 Å². The molecule has 0 spiro atoms. The molecule has 0 N–H and O–H groups in total. The van der Waals surface area contributed by atoms with Gasteiger partial charge in [-0.05, 0) is 36.9 Å². The topological polar surface area (TPSA) is 73.5 Å². The minimum absolute atomic E-state index is 0.162. The van der Waals surface area contributed by atoms with Crippen LogP contribution in [0.4, 0.5) is 0 Å². The third-order valence-electron chi connectivity index (χ3n) is 4.55. The molecule has 0 bridgehead atoms. The van der Waals surface area contributed by atoms with Gasteiger partial charge in [-0.3, -0.25) is 9.88 Å². The third-order valence-corrected chi connectivity index (χ3v) is 5.41. The van der Waals surface area contributed by atoms with E-state index in [0.717, 1.165) is 25.9 Å². The number of methoxy groups -OCH3 is 1. The van der Waals surface area contributed by atoms with Crippen LogP contribution in [-0.4, -0.2) is 46.9 Å². The van der Waals surface area contributed by atoms with Crippen LogP contribution in [0.3, 0.4) is 0 Å². The maximum absolute atomic E-state index is 5.63. The molecule has 0 radical (unpaired) electrons. The number of rotatable bonds is 8. The lowest BCUT2D eigenvalue weighted by Gasteiger charge is -2.20. The maximum Gasteiger partial charge on any atom is 0.244 e. The molecule has 4 rings (SSSR count). The minimum Gasteiger partial charge on any atom is -0.491 e. The van der Waals surface area contributed by atoms with Gasteiger partial charge in [-0.25, -0.2) is 0 Å². The van der Waals surface area contributed by atoms with Gasteiger partial charge in [0.1, 0.15) is 18.1 Å². The number of likely N-dealkylation sites (tertiary alicyclic amines) is 1. The Bertz CT molecular complexity index is 852. The van der Waals surface area contributed by atoms with Crippen LogP contribution >= 0.6 is 11.3 Å². The Hall–Kier alpha value is -2.29. The zero-order valence-corrected chi connectivity index (χ0v) is 16.0. The Morgan fingerprint density at radius 3 is 3.15 bits per heavy atom. The lowest BCUT2D eigenvalue weighted by molar-refractivity contribution is 0.146. The lowest BCUT2D eigenvalue weighted by Crippen LogP contribution is -2.22. The number of aromatic nitrogens is 3. The summed E-state index contributed by atoms with van der Waals surface area (Å²) in [7, 11) is 1.65. The van der Waals surface area contributed by atoms with Crippen molar-refractivity contribution < 1.29 is 14.0 Å². The molecular formula is C19H22N4O3S. The van der Waals surface area contributed by atoms with Gasteiger partial charge in [-0.2, -0.15) is 4.98 Å². The van der Waals surface area contributed by atoms with Crippen molar-refractivity contribution in [3.8, 4) is 17.3 Å². The summed E-state index contributed by atoms with van der Waals surface area (Å²) in [5.41, 5.74) is 0.641. The first-order chi connectivity index (χ1) is 13.3. The van der Waals surface area contributed by atoms with Crippen LogP contribution in [0.5, 0.6) is 5.75 Å². The third kappa shape index (κ3) is 4.35. The highest BCUT2D eigenvalue weighted by Crippen LogP contribution is 2.33. The highest BCUT2D eigenvalue weighted by Gasteiger charge is 2.31. The summed E-state index contributed by atoms with van der Waals surface area (Å²) in [6.07, 6.45) is 3.85. The number of hydrogen-bond donors (Lipinski definition) is 0. The van der Waals surface area contributed by atoms with E-state index in [1.54, 1.807) is 30.7 Å². The summed E-state index contributed by atoms with van der Waals surface area (Å²) in [5, 5.41) is 6.26. The van der Waals surface area contributed by atoms with Crippen molar-refractivity contribution in [2.75, 3.05) is 26.9 Å². The summed E-state index contributed by atoms with van der Waals surface area (Å²) in [4.78, 5) is 12.7. The normalized spacial score (nSPS) is 17.4. The highest BCUT2D eigenvalue weighted by molar-refractivity contribution is 7.09. The maximum atomic E-state index is 5.63. The van der Waals surface area contributed by atoms with E-state index in [0.29, 0.717) is 36.4 Å². The van der Waals surface area contributed by atoms with E-state index in [1.807, 2.05) is 6.07 Å². The fraction of sp³-hybridized carbons (Fsp3) is 0.421. The summed E-state index contributed by atoms with van der Waals surface area (Å²) in [5.74, 6) is 1.86. The van der Waals surface area contributed by atoms with Crippen molar-refractivity contribution >= 4 is 11.3 Å². The van der Waals surface area contributed by atoms with Crippen LogP contribution in [0.2, 0.25) is 0 Å². The largest absolute Gasteiger partial charge is 0.491 e. The lowest BCUT2D eigenvalue weighted by atomic mass is 10.2. The van der Waals surface area contributed by atoms with E-state index in [9.17, 15) is 0 Å². The van der Waals surface area contributed by atoms with E-state index in [4.69, 9.17) is 14.0 Å². The first kappa shape index (κ1) is 18.1. The van der Waals surface area contributed by atoms with Gasteiger partial charge < -0.3 is 14.0 Å². The Morgan fingerprint density at radius 2 is 2.30 bits per heavy atom. The predicted octanol–water partition coefficient (Wildman–Crippen LogP) is 3.56. The molecule has 3 aromatic heterocycles. The van der Waals surface area contributed by atoms with Gasteiger partial charge in [0.15, 0.2) is 0 Å². The molecule has 8 heteroatoms. The van der Waals surface area contributed by atoms with Crippen molar-refractivity contribution in [3.05, 3.63) is 46.6 Å². The number of nitrogens with zero attached hydrogens (tertiary/aromatic N) is 4. The molecule has 0 saturated carbocycles. The van der Waals surface area contributed by atoms with E-state index < -0.39 is 0 Å². The van der Waals surface area contributed by atoms with E-state index in [1.165, 1.54) is 4.88 Å². The van der Waals surface area contributed by atoms with Crippen molar-refractivity contribution in [1.29, 1.82) is 0 Å². The highest BCUT2D eigenvalue weighted by atomic mass is 32.1. The Labute approximate surface area is 161 Å². The molecule has 1 saturated heterocycles. The number of ether oxygens (including phenoxy) is 2. The molecule has 4 heterocycles. The molecule has 0 aromatic carbocycles. The second-order valence-corrected chi connectivity index (χ2v) is 7.41. The average molecular weight is 386 g/mol. The second-order valence-electron chi connectivity index (χ2n) is 6.38. The molecule has 1 aliphatic heterocycles. The molecular weight excluding hydrogens is 364 g/mol. The molecule has 27 heavy (non-hydrogen) atoms. The van der Waals surface area contributed by atoms with Gasteiger partial charge in [-0.15, -0.1) is 11.3 Å². The fourth-order valence-corrected chi connectivity index (χ4v) is 3.97. The zero-order chi connectivity index (χ0) is 18.5. The first-order valence-corrected chi connectivity index (χ1v) is 9.89. The van der Waals surface area contributed by atoms with Crippen molar-refractivity contribution in [1.82, 2.24) is 20.0 Å². The molecule has 0 unspecified atom stereocenters. The first-order valence-electron chi connectivity index (χ1n) is 9.01. The molecule has 7 nitrogen and oxygen atoms in total. The Balaban J connectivity index is 1.47. The molecule has 3 aromatic rings.